The largest absolute Gasteiger partial charge is 0.454 e. The van der Waals surface area contributed by atoms with Crippen LogP contribution in [0, 0.1) is 0 Å². The summed E-state index contributed by atoms with van der Waals surface area (Å²) in [5, 5.41) is 6.22. The van der Waals surface area contributed by atoms with Gasteiger partial charge < -0.3 is 20.1 Å². The first-order valence-corrected chi connectivity index (χ1v) is 10.8. The van der Waals surface area contributed by atoms with Crippen LogP contribution in [0.1, 0.15) is 22.8 Å². The number of aromatic nitrogens is 1. The molecule has 0 aliphatic carbocycles. The van der Waals surface area contributed by atoms with Crippen LogP contribution in [0.2, 0.25) is 0 Å². The summed E-state index contributed by atoms with van der Waals surface area (Å²) in [4.78, 5) is 29.5. The van der Waals surface area contributed by atoms with Gasteiger partial charge in [0.25, 0.3) is 5.91 Å². The Morgan fingerprint density at radius 1 is 1.00 bits per heavy atom. The molecule has 31 heavy (non-hydrogen) atoms. The van der Waals surface area contributed by atoms with Gasteiger partial charge in [-0.3, -0.25) is 9.59 Å². The Morgan fingerprint density at radius 3 is 2.71 bits per heavy atom. The minimum absolute atomic E-state index is 0.108. The van der Waals surface area contributed by atoms with Gasteiger partial charge >= 0.3 is 0 Å². The number of ether oxygens (including phenoxy) is 2. The molecule has 0 unspecified atom stereocenters. The first-order valence-electron chi connectivity index (χ1n) is 9.80. The first-order chi connectivity index (χ1) is 15.1. The van der Waals surface area contributed by atoms with E-state index in [0.29, 0.717) is 27.8 Å². The molecular formula is C23H21N3O4S. The lowest BCUT2D eigenvalue weighted by Gasteiger charge is -2.10. The van der Waals surface area contributed by atoms with Gasteiger partial charge in [0.15, 0.2) is 11.5 Å². The maximum absolute atomic E-state index is 12.8. The zero-order chi connectivity index (χ0) is 21.6. The number of carbonyl (C=O) groups excluding carboxylic acids is 2. The van der Waals surface area contributed by atoms with Gasteiger partial charge in [-0.2, -0.15) is 0 Å². The van der Waals surface area contributed by atoms with Crippen LogP contribution in [0.15, 0.2) is 65.8 Å². The molecular weight excluding hydrogens is 414 g/mol. The van der Waals surface area contributed by atoms with Crippen molar-refractivity contribution in [2.45, 2.75) is 18.4 Å². The highest BCUT2D eigenvalue weighted by Gasteiger charge is 2.16. The lowest BCUT2D eigenvalue weighted by molar-refractivity contribution is -0.113. The third-order valence-electron chi connectivity index (χ3n) is 4.61. The molecule has 2 N–H and O–H groups in total. The van der Waals surface area contributed by atoms with Crippen molar-refractivity contribution in [2.24, 2.45) is 0 Å². The van der Waals surface area contributed by atoms with Gasteiger partial charge in [-0.05, 0) is 48.4 Å². The second-order valence-electron chi connectivity index (χ2n) is 6.77. The molecule has 0 spiro atoms. The number of fused-ring (bicyclic) bond motifs is 1. The average Bonchev–Trinajstić information content (AvgIpc) is 3.26. The topological polar surface area (TPSA) is 89.6 Å². The number of amides is 2. The molecule has 2 amide bonds. The average molecular weight is 436 g/mol. The highest BCUT2D eigenvalue weighted by Crippen LogP contribution is 2.34. The van der Waals surface area contributed by atoms with E-state index in [2.05, 4.69) is 22.5 Å². The van der Waals surface area contributed by atoms with Crippen LogP contribution in [-0.2, 0) is 11.2 Å². The molecule has 0 saturated carbocycles. The zero-order valence-electron chi connectivity index (χ0n) is 16.9. The van der Waals surface area contributed by atoms with Crippen molar-refractivity contribution in [3.8, 4) is 11.5 Å². The Labute approximate surface area is 184 Å². The van der Waals surface area contributed by atoms with Crippen LogP contribution in [0.4, 0.5) is 11.4 Å². The summed E-state index contributed by atoms with van der Waals surface area (Å²) in [7, 11) is 0. The van der Waals surface area contributed by atoms with Crippen molar-refractivity contribution in [3.05, 3.63) is 71.9 Å². The summed E-state index contributed by atoms with van der Waals surface area (Å²) < 4.78 is 10.6. The number of rotatable bonds is 7. The number of anilines is 2. The lowest BCUT2D eigenvalue weighted by atomic mass is 10.1. The fourth-order valence-corrected chi connectivity index (χ4v) is 3.84. The predicted octanol–water partition coefficient (Wildman–Crippen LogP) is 4.36. The number of hydrogen-bond donors (Lipinski definition) is 2. The van der Waals surface area contributed by atoms with Crippen molar-refractivity contribution in [3.63, 3.8) is 0 Å². The fourth-order valence-electron chi connectivity index (χ4n) is 3.05. The van der Waals surface area contributed by atoms with Gasteiger partial charge in [0, 0.05) is 23.6 Å². The monoisotopic (exact) mass is 435 g/mol. The summed E-state index contributed by atoms with van der Waals surface area (Å²) in [6, 6.07) is 16.3. The van der Waals surface area contributed by atoms with Crippen molar-refractivity contribution < 1.29 is 19.1 Å². The van der Waals surface area contributed by atoms with Crippen LogP contribution in [0.5, 0.6) is 11.5 Å². The van der Waals surface area contributed by atoms with Crippen molar-refractivity contribution >= 4 is 35.0 Å². The summed E-state index contributed by atoms with van der Waals surface area (Å²) in [5.74, 6) is 0.885. The number of benzene rings is 2. The van der Waals surface area contributed by atoms with E-state index in [9.17, 15) is 9.59 Å². The third-order valence-corrected chi connectivity index (χ3v) is 5.61. The molecule has 8 heteroatoms. The van der Waals surface area contributed by atoms with Gasteiger partial charge in [-0.1, -0.05) is 30.8 Å². The molecule has 1 aromatic heterocycles. The molecule has 0 bridgehead atoms. The lowest BCUT2D eigenvalue weighted by Crippen LogP contribution is -2.16. The number of hydrogen-bond acceptors (Lipinski definition) is 6. The number of nitrogens with one attached hydrogen (secondary N) is 2. The first kappa shape index (κ1) is 20.7. The summed E-state index contributed by atoms with van der Waals surface area (Å²) in [6.45, 7) is 2.24. The fraction of sp³-hybridized carbons (Fsp3) is 0.174. The van der Waals surface area contributed by atoms with Gasteiger partial charge in [-0.25, -0.2) is 4.98 Å². The minimum Gasteiger partial charge on any atom is -0.454 e. The number of pyridine rings is 1. The van der Waals surface area contributed by atoms with Crippen LogP contribution in [-0.4, -0.2) is 29.3 Å². The van der Waals surface area contributed by atoms with Crippen LogP contribution < -0.4 is 20.1 Å². The molecule has 7 nitrogen and oxygen atoms in total. The highest BCUT2D eigenvalue weighted by molar-refractivity contribution is 8.00. The van der Waals surface area contributed by atoms with Crippen molar-refractivity contribution in [1.82, 2.24) is 4.98 Å². The van der Waals surface area contributed by atoms with Crippen molar-refractivity contribution in [1.29, 1.82) is 0 Å². The van der Waals surface area contributed by atoms with E-state index in [-0.39, 0.29) is 24.4 Å². The normalized spacial score (nSPS) is 11.8. The highest BCUT2D eigenvalue weighted by atomic mass is 32.2. The molecule has 0 atom stereocenters. The standard InChI is InChI=1S/C23H21N3O4S/c1-2-15-5-3-6-16(11-15)26-22(28)18-7-4-10-24-23(18)31-13-21(27)25-17-8-9-19-20(12-17)30-14-29-19/h3-12H,2,13-14H2,1H3,(H,25,27)(H,26,28). The Hall–Kier alpha value is -3.52. The quantitative estimate of drug-likeness (QED) is 0.536. The Kier molecular flexibility index (Phi) is 6.37. The molecule has 158 valence electrons. The maximum Gasteiger partial charge on any atom is 0.258 e. The molecule has 1 aliphatic rings. The molecule has 4 rings (SSSR count). The molecule has 1 aliphatic heterocycles. The van der Waals surface area contributed by atoms with E-state index in [4.69, 9.17) is 9.47 Å². The van der Waals surface area contributed by atoms with Crippen molar-refractivity contribution in [2.75, 3.05) is 23.2 Å². The van der Waals surface area contributed by atoms with Crippen LogP contribution >= 0.6 is 11.8 Å². The molecule has 0 fully saturated rings. The Bertz CT molecular complexity index is 1120. The maximum atomic E-state index is 12.8. The Balaban J connectivity index is 1.39. The van der Waals surface area contributed by atoms with Gasteiger partial charge in [0.1, 0.15) is 5.03 Å². The second kappa shape index (κ2) is 9.53. The van der Waals surface area contributed by atoms with E-state index < -0.39 is 0 Å². The molecule has 0 saturated heterocycles. The number of aryl methyl sites for hydroxylation is 1. The van der Waals surface area contributed by atoms with Gasteiger partial charge in [0.2, 0.25) is 12.7 Å². The smallest absolute Gasteiger partial charge is 0.258 e. The van der Waals surface area contributed by atoms with Crippen LogP contribution in [0.3, 0.4) is 0 Å². The SMILES string of the molecule is CCc1cccc(NC(=O)c2cccnc2SCC(=O)Nc2ccc3c(c2)OCO3)c1. The van der Waals surface area contributed by atoms with E-state index in [1.54, 1.807) is 36.5 Å². The number of nitrogens with zero attached hydrogens (tertiary/aromatic N) is 1. The van der Waals surface area contributed by atoms with E-state index in [0.717, 1.165) is 17.7 Å². The molecule has 2 aromatic carbocycles. The summed E-state index contributed by atoms with van der Waals surface area (Å²) >= 11 is 1.21. The second-order valence-corrected chi connectivity index (χ2v) is 7.73. The van der Waals surface area contributed by atoms with Gasteiger partial charge in [-0.15, -0.1) is 0 Å². The predicted molar refractivity (Wildman–Crippen MR) is 120 cm³/mol. The molecule has 0 radical (unpaired) electrons. The number of carbonyl (C=O) groups is 2. The third kappa shape index (κ3) is 5.16. The zero-order valence-corrected chi connectivity index (χ0v) is 17.7. The minimum atomic E-state index is -0.264. The molecule has 2 heterocycles. The van der Waals surface area contributed by atoms with E-state index in [1.165, 1.54) is 11.8 Å². The van der Waals surface area contributed by atoms with Crippen LogP contribution in [0.25, 0.3) is 0 Å². The molecule has 3 aromatic rings. The van der Waals surface area contributed by atoms with Gasteiger partial charge in [0.05, 0.1) is 11.3 Å². The Morgan fingerprint density at radius 2 is 1.84 bits per heavy atom. The van der Waals surface area contributed by atoms with E-state index in [1.807, 2.05) is 24.3 Å². The van der Waals surface area contributed by atoms with E-state index >= 15 is 0 Å². The summed E-state index contributed by atoms with van der Waals surface area (Å²) in [6.07, 6.45) is 2.49. The number of thioether (sulfide) groups is 1. The summed E-state index contributed by atoms with van der Waals surface area (Å²) in [5.41, 5.74) is 2.90.